The minimum Gasteiger partial charge on any atom is -0.444 e. The predicted molar refractivity (Wildman–Crippen MR) is 78.7 cm³/mol. The summed E-state index contributed by atoms with van der Waals surface area (Å²) in [4.78, 5) is 20.2. The van der Waals surface area contributed by atoms with Gasteiger partial charge in [-0.25, -0.2) is 4.98 Å². The maximum atomic E-state index is 11.9. The quantitative estimate of drug-likeness (QED) is 0.733. The van der Waals surface area contributed by atoms with E-state index in [0.717, 1.165) is 40.6 Å². The number of hydrogen-bond donors (Lipinski definition) is 0. The van der Waals surface area contributed by atoms with Crippen molar-refractivity contribution < 1.29 is 9.21 Å². The van der Waals surface area contributed by atoms with Gasteiger partial charge in [-0.1, -0.05) is 12.1 Å². The van der Waals surface area contributed by atoms with Crippen LogP contribution in [0.4, 0.5) is 0 Å². The molecule has 1 aliphatic carbocycles. The van der Waals surface area contributed by atoms with Gasteiger partial charge in [-0.3, -0.25) is 9.78 Å². The van der Waals surface area contributed by atoms with E-state index in [2.05, 4.69) is 9.97 Å². The Morgan fingerprint density at radius 2 is 2.10 bits per heavy atom. The molecule has 1 saturated carbocycles. The van der Waals surface area contributed by atoms with Gasteiger partial charge in [0.2, 0.25) is 0 Å². The Hall–Kier alpha value is -2.49. The lowest BCUT2D eigenvalue weighted by Gasteiger charge is -2.04. The number of carbonyl (C=O) groups excluding carboxylic acids is 1. The highest BCUT2D eigenvalue weighted by atomic mass is 16.3. The molecule has 0 radical (unpaired) electrons. The first-order valence-corrected chi connectivity index (χ1v) is 7.10. The van der Waals surface area contributed by atoms with Gasteiger partial charge in [-0.05, 0) is 30.4 Å². The van der Waals surface area contributed by atoms with Crippen LogP contribution in [0.5, 0.6) is 0 Å². The van der Waals surface area contributed by atoms with Crippen LogP contribution in [0.3, 0.4) is 0 Å². The van der Waals surface area contributed by atoms with Crippen LogP contribution in [-0.2, 0) is 11.2 Å². The third kappa shape index (κ3) is 2.44. The molecule has 0 aliphatic heterocycles. The third-order valence-corrected chi connectivity index (χ3v) is 3.88. The summed E-state index contributed by atoms with van der Waals surface area (Å²) < 4.78 is 5.32. The molecule has 104 valence electrons. The van der Waals surface area contributed by atoms with Crippen molar-refractivity contribution >= 4 is 16.6 Å². The molecule has 0 bridgehead atoms. The van der Waals surface area contributed by atoms with Crippen LogP contribution in [0.2, 0.25) is 0 Å². The molecule has 0 unspecified atom stereocenters. The Morgan fingerprint density at radius 1 is 1.19 bits per heavy atom. The van der Waals surface area contributed by atoms with Crippen molar-refractivity contribution in [3.8, 4) is 11.3 Å². The molecular formula is C17H14N2O2. The zero-order chi connectivity index (χ0) is 14.2. The van der Waals surface area contributed by atoms with Crippen LogP contribution in [0.1, 0.15) is 18.5 Å². The van der Waals surface area contributed by atoms with Gasteiger partial charge >= 0.3 is 0 Å². The van der Waals surface area contributed by atoms with Crippen molar-refractivity contribution in [3.05, 3.63) is 48.7 Å². The second-order valence-electron chi connectivity index (χ2n) is 5.52. The van der Waals surface area contributed by atoms with Crippen LogP contribution in [-0.4, -0.2) is 15.8 Å². The minimum atomic E-state index is 0.281. The van der Waals surface area contributed by atoms with Gasteiger partial charge in [-0.2, -0.15) is 0 Å². The van der Waals surface area contributed by atoms with Gasteiger partial charge in [0.1, 0.15) is 5.78 Å². The molecule has 0 atom stereocenters. The molecule has 3 aromatic rings. The van der Waals surface area contributed by atoms with E-state index in [0.29, 0.717) is 12.2 Å². The molecule has 2 aromatic heterocycles. The van der Waals surface area contributed by atoms with Crippen molar-refractivity contribution in [2.24, 2.45) is 5.92 Å². The van der Waals surface area contributed by atoms with E-state index < -0.39 is 0 Å². The molecule has 4 nitrogen and oxygen atoms in total. The lowest BCUT2D eigenvalue weighted by molar-refractivity contribution is -0.119. The van der Waals surface area contributed by atoms with Crippen molar-refractivity contribution in [2.75, 3.05) is 0 Å². The van der Waals surface area contributed by atoms with Crippen LogP contribution >= 0.6 is 0 Å². The van der Waals surface area contributed by atoms with E-state index in [-0.39, 0.29) is 5.92 Å². The highest BCUT2D eigenvalue weighted by molar-refractivity contribution is 5.88. The Balaban J connectivity index is 1.69. The Labute approximate surface area is 121 Å². The van der Waals surface area contributed by atoms with Crippen LogP contribution in [0, 0.1) is 5.92 Å². The summed E-state index contributed by atoms with van der Waals surface area (Å²) in [5, 5.41) is 2.12. The van der Waals surface area contributed by atoms with Gasteiger partial charge in [0.15, 0.2) is 12.2 Å². The lowest BCUT2D eigenvalue weighted by Crippen LogP contribution is -2.06. The highest BCUT2D eigenvalue weighted by Gasteiger charge is 2.29. The number of nitrogens with zero attached hydrogens (tertiary/aromatic N) is 2. The van der Waals surface area contributed by atoms with E-state index in [1.54, 1.807) is 6.20 Å². The summed E-state index contributed by atoms with van der Waals surface area (Å²) in [6.45, 7) is 0. The van der Waals surface area contributed by atoms with Gasteiger partial charge in [0, 0.05) is 35.2 Å². The normalized spacial score (nSPS) is 14.5. The first-order chi connectivity index (χ1) is 10.3. The maximum Gasteiger partial charge on any atom is 0.181 e. The molecule has 21 heavy (non-hydrogen) atoms. The number of carbonyl (C=O) groups is 1. The van der Waals surface area contributed by atoms with Gasteiger partial charge < -0.3 is 4.42 Å². The number of aromatic nitrogens is 2. The molecule has 2 heterocycles. The summed E-state index contributed by atoms with van der Waals surface area (Å²) in [5.41, 5.74) is 1.82. The molecule has 0 amide bonds. The van der Waals surface area contributed by atoms with E-state index in [1.807, 2.05) is 30.5 Å². The number of benzene rings is 1. The van der Waals surface area contributed by atoms with Crippen molar-refractivity contribution in [2.45, 2.75) is 19.3 Å². The Morgan fingerprint density at radius 3 is 2.86 bits per heavy atom. The predicted octanol–water partition coefficient (Wildman–Crippen LogP) is 3.41. The molecule has 4 rings (SSSR count). The van der Waals surface area contributed by atoms with Crippen LogP contribution < -0.4 is 0 Å². The molecule has 0 N–H and O–H groups in total. The van der Waals surface area contributed by atoms with Gasteiger partial charge in [0.25, 0.3) is 0 Å². The number of Topliss-reactive ketones (excluding diaryl/α,β-unsaturated/α-hetero) is 1. The fourth-order valence-electron chi connectivity index (χ4n) is 2.52. The summed E-state index contributed by atoms with van der Waals surface area (Å²) in [6.07, 6.45) is 7.47. The van der Waals surface area contributed by atoms with E-state index in [4.69, 9.17) is 4.42 Å². The molecule has 1 aliphatic rings. The zero-order valence-corrected chi connectivity index (χ0v) is 11.5. The largest absolute Gasteiger partial charge is 0.444 e. The number of ketones is 1. The van der Waals surface area contributed by atoms with E-state index in [1.165, 1.54) is 6.39 Å². The number of fused-ring (bicyclic) bond motifs is 1. The minimum absolute atomic E-state index is 0.281. The second-order valence-corrected chi connectivity index (χ2v) is 5.52. The molecule has 1 fully saturated rings. The van der Waals surface area contributed by atoms with Crippen molar-refractivity contribution in [1.82, 2.24) is 9.97 Å². The lowest BCUT2D eigenvalue weighted by atomic mass is 10.0. The first kappa shape index (κ1) is 12.3. The first-order valence-electron chi connectivity index (χ1n) is 7.10. The second kappa shape index (κ2) is 4.81. The topological polar surface area (TPSA) is 56.0 Å². The zero-order valence-electron chi connectivity index (χ0n) is 11.5. The average molecular weight is 278 g/mol. The smallest absolute Gasteiger partial charge is 0.181 e. The van der Waals surface area contributed by atoms with Crippen LogP contribution in [0.15, 0.2) is 47.5 Å². The molecule has 1 aromatic carbocycles. The average Bonchev–Trinajstić information content (AvgIpc) is 3.22. The Kier molecular flexibility index (Phi) is 2.81. The van der Waals surface area contributed by atoms with E-state index >= 15 is 0 Å². The number of pyridine rings is 1. The monoisotopic (exact) mass is 278 g/mol. The fraction of sp³-hybridized carbons (Fsp3) is 0.235. The van der Waals surface area contributed by atoms with Crippen molar-refractivity contribution in [3.63, 3.8) is 0 Å². The van der Waals surface area contributed by atoms with Crippen molar-refractivity contribution in [1.29, 1.82) is 0 Å². The van der Waals surface area contributed by atoms with E-state index in [9.17, 15) is 4.79 Å². The van der Waals surface area contributed by atoms with Crippen LogP contribution in [0.25, 0.3) is 22.1 Å². The maximum absolute atomic E-state index is 11.9. The highest BCUT2D eigenvalue weighted by Crippen LogP contribution is 2.31. The number of rotatable bonds is 4. The Bertz CT molecular complexity index is 805. The summed E-state index contributed by atoms with van der Waals surface area (Å²) in [5.74, 6) is 1.33. The SMILES string of the molecule is O=C(Cc1cc2cc(-c3cnco3)ccc2cn1)C1CC1. The molecular weight excluding hydrogens is 264 g/mol. The molecule has 4 heteroatoms. The molecule has 0 saturated heterocycles. The van der Waals surface area contributed by atoms with Gasteiger partial charge in [0.05, 0.1) is 6.20 Å². The fourth-order valence-corrected chi connectivity index (χ4v) is 2.52. The summed E-state index contributed by atoms with van der Waals surface area (Å²) >= 11 is 0. The van der Waals surface area contributed by atoms with Gasteiger partial charge in [-0.15, -0.1) is 0 Å². The molecule has 0 spiro atoms. The number of hydrogen-bond acceptors (Lipinski definition) is 4. The number of oxazole rings is 1. The summed E-state index contributed by atoms with van der Waals surface area (Å²) in [7, 11) is 0. The summed E-state index contributed by atoms with van der Waals surface area (Å²) in [6, 6.07) is 8.03. The third-order valence-electron chi connectivity index (χ3n) is 3.88. The standard InChI is InChI=1S/C17H14N2O2/c20-16(11-1-2-11)7-15-6-14-5-12(17-9-18-10-21-17)3-4-13(14)8-19-15/h3-6,8-11H,1-2,7H2.